The van der Waals surface area contributed by atoms with Crippen molar-refractivity contribution in [3.63, 3.8) is 0 Å². The molecule has 3 rings (SSSR count). The molecule has 3 heteroatoms. The maximum Gasteiger partial charge on any atom is 0.126 e. The second-order valence-corrected chi connectivity index (χ2v) is 6.33. The molecule has 2 aliphatic rings. The summed E-state index contributed by atoms with van der Waals surface area (Å²) in [5.41, 5.74) is 9.19. The van der Waals surface area contributed by atoms with E-state index in [-0.39, 0.29) is 5.41 Å². The van der Waals surface area contributed by atoms with E-state index in [1.165, 1.54) is 49.8 Å². The Bertz CT molecular complexity index is 425. The summed E-state index contributed by atoms with van der Waals surface area (Å²) in [6.45, 7) is 4.59. The van der Waals surface area contributed by atoms with E-state index in [9.17, 15) is 0 Å². The van der Waals surface area contributed by atoms with Crippen molar-refractivity contribution in [1.29, 1.82) is 0 Å². The van der Waals surface area contributed by atoms with Crippen molar-refractivity contribution in [1.82, 2.24) is 9.78 Å². The van der Waals surface area contributed by atoms with Crippen LogP contribution in [0.15, 0.2) is 0 Å². The Kier molecular flexibility index (Phi) is 2.46. The van der Waals surface area contributed by atoms with E-state index in [1.54, 1.807) is 0 Å². The minimum absolute atomic E-state index is 0.229. The fraction of sp³-hybridized carbons (Fsp3) is 0.786. The first-order chi connectivity index (χ1) is 8.09. The topological polar surface area (TPSA) is 43.8 Å². The molecular formula is C14H23N3. The van der Waals surface area contributed by atoms with Gasteiger partial charge in [-0.05, 0) is 31.1 Å². The third kappa shape index (κ3) is 1.67. The summed E-state index contributed by atoms with van der Waals surface area (Å²) in [6, 6.07) is 0.560. The Labute approximate surface area is 103 Å². The smallest absolute Gasteiger partial charge is 0.126 e. The zero-order chi connectivity index (χ0) is 12.0. The zero-order valence-corrected chi connectivity index (χ0v) is 11.0. The van der Waals surface area contributed by atoms with Crippen molar-refractivity contribution in [2.45, 2.75) is 70.3 Å². The molecule has 0 radical (unpaired) electrons. The highest BCUT2D eigenvalue weighted by molar-refractivity contribution is 5.51. The van der Waals surface area contributed by atoms with Crippen LogP contribution in [-0.4, -0.2) is 9.78 Å². The van der Waals surface area contributed by atoms with Crippen molar-refractivity contribution >= 4 is 5.82 Å². The van der Waals surface area contributed by atoms with Crippen LogP contribution in [0.4, 0.5) is 5.82 Å². The highest BCUT2D eigenvalue weighted by Crippen LogP contribution is 2.43. The van der Waals surface area contributed by atoms with E-state index < -0.39 is 0 Å². The first-order valence-electron chi connectivity index (χ1n) is 6.97. The second-order valence-electron chi connectivity index (χ2n) is 6.33. The van der Waals surface area contributed by atoms with Crippen molar-refractivity contribution in [2.75, 3.05) is 5.73 Å². The van der Waals surface area contributed by atoms with Gasteiger partial charge in [-0.25, -0.2) is 4.68 Å². The molecule has 0 unspecified atom stereocenters. The van der Waals surface area contributed by atoms with Gasteiger partial charge in [0.15, 0.2) is 0 Å². The van der Waals surface area contributed by atoms with Crippen LogP contribution in [0.1, 0.15) is 69.7 Å². The minimum atomic E-state index is 0.229. The third-order valence-electron chi connectivity index (χ3n) is 4.60. The van der Waals surface area contributed by atoms with Crippen molar-refractivity contribution < 1.29 is 0 Å². The molecule has 2 N–H and O–H groups in total. The molecule has 2 aliphatic carbocycles. The maximum atomic E-state index is 6.36. The Morgan fingerprint density at radius 1 is 1.24 bits per heavy atom. The van der Waals surface area contributed by atoms with Crippen LogP contribution in [0.2, 0.25) is 0 Å². The van der Waals surface area contributed by atoms with Crippen LogP contribution >= 0.6 is 0 Å². The Morgan fingerprint density at radius 3 is 2.59 bits per heavy atom. The molecule has 0 saturated heterocycles. The van der Waals surface area contributed by atoms with Crippen LogP contribution in [0, 0.1) is 0 Å². The largest absolute Gasteiger partial charge is 0.384 e. The number of nitrogens with zero attached hydrogens (tertiary/aromatic N) is 2. The van der Waals surface area contributed by atoms with Gasteiger partial charge in [0.2, 0.25) is 0 Å². The molecule has 1 heterocycles. The highest BCUT2D eigenvalue weighted by Gasteiger charge is 2.36. The summed E-state index contributed by atoms with van der Waals surface area (Å²) < 4.78 is 2.14. The normalized spacial score (nSPS) is 23.9. The lowest BCUT2D eigenvalue weighted by Gasteiger charge is -2.25. The van der Waals surface area contributed by atoms with Crippen LogP contribution < -0.4 is 5.73 Å². The molecule has 1 aromatic rings. The van der Waals surface area contributed by atoms with Gasteiger partial charge >= 0.3 is 0 Å². The summed E-state index contributed by atoms with van der Waals surface area (Å²) in [7, 11) is 0. The predicted molar refractivity (Wildman–Crippen MR) is 70.1 cm³/mol. The molecule has 0 bridgehead atoms. The summed E-state index contributed by atoms with van der Waals surface area (Å²) in [5.74, 6) is 0.953. The Balaban J connectivity index is 1.97. The van der Waals surface area contributed by atoms with Gasteiger partial charge in [-0.2, -0.15) is 5.10 Å². The summed E-state index contributed by atoms with van der Waals surface area (Å²) in [4.78, 5) is 0. The van der Waals surface area contributed by atoms with Crippen molar-refractivity contribution in [3.8, 4) is 0 Å². The number of anilines is 1. The quantitative estimate of drug-likeness (QED) is 0.809. The lowest BCUT2D eigenvalue weighted by Crippen LogP contribution is -2.19. The van der Waals surface area contributed by atoms with Gasteiger partial charge < -0.3 is 5.73 Å². The van der Waals surface area contributed by atoms with Crippen LogP contribution in [-0.2, 0) is 11.8 Å². The molecule has 0 aliphatic heterocycles. The van der Waals surface area contributed by atoms with Gasteiger partial charge in [0, 0.05) is 5.56 Å². The minimum Gasteiger partial charge on any atom is -0.384 e. The van der Waals surface area contributed by atoms with E-state index >= 15 is 0 Å². The lowest BCUT2D eigenvalue weighted by molar-refractivity contribution is 0.330. The maximum absolute atomic E-state index is 6.36. The standard InChI is InChI=1S/C14H23N3/c1-14(2)9-8-11-12(14)13(15)17(16-11)10-6-4-3-5-7-10/h10H,3-9,15H2,1-2H3. The van der Waals surface area contributed by atoms with Gasteiger partial charge in [0.1, 0.15) is 5.82 Å². The van der Waals surface area contributed by atoms with E-state index in [0.29, 0.717) is 6.04 Å². The molecule has 1 saturated carbocycles. The predicted octanol–water partition coefficient (Wildman–Crippen LogP) is 3.19. The van der Waals surface area contributed by atoms with Gasteiger partial charge in [-0.15, -0.1) is 0 Å². The first kappa shape index (κ1) is 11.1. The van der Waals surface area contributed by atoms with E-state index in [0.717, 1.165) is 12.2 Å². The Hall–Kier alpha value is -0.990. The zero-order valence-electron chi connectivity index (χ0n) is 11.0. The molecular weight excluding hydrogens is 210 g/mol. The van der Waals surface area contributed by atoms with Crippen molar-refractivity contribution in [3.05, 3.63) is 11.3 Å². The first-order valence-corrected chi connectivity index (χ1v) is 6.97. The Morgan fingerprint density at radius 2 is 1.94 bits per heavy atom. The van der Waals surface area contributed by atoms with Crippen LogP contribution in [0.5, 0.6) is 0 Å². The molecule has 0 amide bonds. The molecule has 0 atom stereocenters. The number of aromatic nitrogens is 2. The number of nitrogen functional groups attached to an aromatic ring is 1. The summed E-state index contributed by atoms with van der Waals surface area (Å²) in [6.07, 6.45) is 8.85. The third-order valence-corrected chi connectivity index (χ3v) is 4.60. The number of aryl methyl sites for hydroxylation is 1. The van der Waals surface area contributed by atoms with Gasteiger partial charge in [0.25, 0.3) is 0 Å². The van der Waals surface area contributed by atoms with E-state index in [4.69, 9.17) is 10.8 Å². The van der Waals surface area contributed by atoms with Gasteiger partial charge in [-0.1, -0.05) is 33.1 Å². The van der Waals surface area contributed by atoms with Gasteiger partial charge in [0.05, 0.1) is 11.7 Å². The SMILES string of the molecule is CC1(C)CCc2nn(C3CCCCC3)c(N)c21. The van der Waals surface area contributed by atoms with E-state index in [1.807, 2.05) is 0 Å². The fourth-order valence-electron chi connectivity index (χ4n) is 3.57. The summed E-state index contributed by atoms with van der Waals surface area (Å²) in [5, 5.41) is 4.80. The summed E-state index contributed by atoms with van der Waals surface area (Å²) >= 11 is 0. The van der Waals surface area contributed by atoms with E-state index in [2.05, 4.69) is 18.5 Å². The van der Waals surface area contributed by atoms with Crippen LogP contribution in [0.25, 0.3) is 0 Å². The average Bonchev–Trinajstić information content (AvgIpc) is 2.80. The van der Waals surface area contributed by atoms with Crippen LogP contribution in [0.3, 0.4) is 0 Å². The number of nitrogens with two attached hydrogens (primary N) is 1. The monoisotopic (exact) mass is 233 g/mol. The molecule has 0 spiro atoms. The fourth-order valence-corrected chi connectivity index (χ4v) is 3.57. The molecule has 1 fully saturated rings. The molecule has 94 valence electrons. The lowest BCUT2D eigenvalue weighted by atomic mass is 9.87. The number of hydrogen-bond donors (Lipinski definition) is 1. The highest BCUT2D eigenvalue weighted by atomic mass is 15.3. The van der Waals surface area contributed by atoms with Crippen molar-refractivity contribution in [2.24, 2.45) is 0 Å². The molecule has 3 nitrogen and oxygen atoms in total. The number of hydrogen-bond acceptors (Lipinski definition) is 2. The molecule has 17 heavy (non-hydrogen) atoms. The number of rotatable bonds is 1. The number of fused-ring (bicyclic) bond motifs is 1. The molecule has 1 aromatic heterocycles. The second kappa shape index (κ2) is 3.76. The average molecular weight is 233 g/mol. The molecule has 0 aromatic carbocycles. The van der Waals surface area contributed by atoms with Gasteiger partial charge in [-0.3, -0.25) is 0 Å².